The summed E-state index contributed by atoms with van der Waals surface area (Å²) in [5, 5.41) is 2.78. The molecule has 3 aromatic rings. The van der Waals surface area contributed by atoms with Crippen LogP contribution in [0.5, 0.6) is 17.2 Å². The molecular formula is C24H25N2O4+. The number of ether oxygens (including phenoxy) is 3. The van der Waals surface area contributed by atoms with Crippen molar-refractivity contribution in [3.63, 3.8) is 0 Å². The largest absolute Gasteiger partial charge is 0.497 e. The first kappa shape index (κ1) is 20.9. The minimum absolute atomic E-state index is 0.126. The van der Waals surface area contributed by atoms with E-state index in [2.05, 4.69) is 5.32 Å². The summed E-state index contributed by atoms with van der Waals surface area (Å²) in [5.41, 5.74) is 2.74. The van der Waals surface area contributed by atoms with Crippen LogP contribution in [0.15, 0.2) is 67.0 Å². The van der Waals surface area contributed by atoms with Crippen molar-refractivity contribution in [3.05, 3.63) is 78.1 Å². The van der Waals surface area contributed by atoms with Crippen LogP contribution >= 0.6 is 0 Å². The number of hydrogen-bond donors (Lipinski definition) is 1. The Balaban J connectivity index is 1.60. The summed E-state index contributed by atoms with van der Waals surface area (Å²) in [7, 11) is 5.15. The normalized spacial score (nSPS) is 10.6. The highest BCUT2D eigenvalue weighted by Gasteiger charge is 2.09. The summed E-state index contributed by atoms with van der Waals surface area (Å²) in [6, 6.07) is 16.7. The molecule has 0 aliphatic rings. The van der Waals surface area contributed by atoms with Gasteiger partial charge in [-0.25, -0.2) is 4.57 Å². The molecule has 1 heterocycles. The van der Waals surface area contributed by atoms with E-state index >= 15 is 0 Å². The zero-order chi connectivity index (χ0) is 21.3. The van der Waals surface area contributed by atoms with Crippen molar-refractivity contribution in [1.29, 1.82) is 0 Å². The molecule has 0 aliphatic heterocycles. The van der Waals surface area contributed by atoms with Gasteiger partial charge in [0.05, 0.1) is 14.2 Å². The number of aromatic nitrogens is 1. The first-order valence-corrected chi connectivity index (χ1v) is 9.45. The van der Waals surface area contributed by atoms with E-state index in [1.807, 2.05) is 60.4 Å². The van der Waals surface area contributed by atoms with Gasteiger partial charge in [0.15, 0.2) is 30.5 Å². The van der Waals surface area contributed by atoms with E-state index in [4.69, 9.17) is 14.2 Å². The Morgan fingerprint density at radius 1 is 0.900 bits per heavy atom. The molecule has 0 radical (unpaired) electrons. The van der Waals surface area contributed by atoms with Crippen LogP contribution in [-0.2, 0) is 11.8 Å². The lowest BCUT2D eigenvalue weighted by Gasteiger charge is -2.12. The molecule has 6 nitrogen and oxygen atoms in total. The van der Waals surface area contributed by atoms with Gasteiger partial charge in [-0.2, -0.15) is 0 Å². The Kier molecular flexibility index (Phi) is 7.05. The van der Waals surface area contributed by atoms with Crippen LogP contribution in [0.25, 0.3) is 12.2 Å². The van der Waals surface area contributed by atoms with E-state index in [0.717, 1.165) is 16.9 Å². The fourth-order valence-corrected chi connectivity index (χ4v) is 2.74. The highest BCUT2D eigenvalue weighted by molar-refractivity contribution is 5.92. The summed E-state index contributed by atoms with van der Waals surface area (Å²) in [5.74, 6) is 1.54. The third kappa shape index (κ3) is 5.85. The van der Waals surface area contributed by atoms with Crippen LogP contribution in [-0.4, -0.2) is 26.7 Å². The molecule has 1 amide bonds. The Hall–Kier alpha value is -3.80. The zero-order valence-corrected chi connectivity index (χ0v) is 17.3. The molecule has 0 spiro atoms. The van der Waals surface area contributed by atoms with Crippen LogP contribution in [0.4, 0.5) is 5.69 Å². The summed E-state index contributed by atoms with van der Waals surface area (Å²) in [4.78, 5) is 12.2. The lowest BCUT2D eigenvalue weighted by atomic mass is 10.1. The number of anilines is 1. The molecule has 0 bridgehead atoms. The number of hydrogen-bond acceptors (Lipinski definition) is 4. The van der Waals surface area contributed by atoms with Gasteiger partial charge in [0, 0.05) is 17.8 Å². The standard InChI is InChI=1S/C24H24N2O4/c1-26-14-12-18(13-15-26)4-5-19-6-11-22(23(16-19)29-3)30-17-24(27)25-20-7-9-21(28-2)10-8-20/h4-16H,17H2,1-3H3/p+1/b5-4+. The summed E-state index contributed by atoms with van der Waals surface area (Å²) >= 11 is 0. The Morgan fingerprint density at radius 3 is 2.27 bits per heavy atom. The number of amides is 1. The number of rotatable bonds is 8. The third-order valence-corrected chi connectivity index (χ3v) is 4.39. The molecular weight excluding hydrogens is 380 g/mol. The zero-order valence-electron chi connectivity index (χ0n) is 17.3. The van der Waals surface area contributed by atoms with Crippen LogP contribution in [0.2, 0.25) is 0 Å². The van der Waals surface area contributed by atoms with E-state index in [-0.39, 0.29) is 12.5 Å². The second-order valence-corrected chi connectivity index (χ2v) is 6.61. The number of aryl methyl sites for hydroxylation is 1. The van der Waals surface area contributed by atoms with Crippen LogP contribution in [0.3, 0.4) is 0 Å². The number of methoxy groups -OCH3 is 2. The molecule has 1 aromatic heterocycles. The molecule has 0 atom stereocenters. The van der Waals surface area contributed by atoms with Crippen molar-refractivity contribution < 1.29 is 23.6 Å². The minimum atomic E-state index is -0.261. The van der Waals surface area contributed by atoms with Gasteiger partial charge in [0.25, 0.3) is 5.91 Å². The fraction of sp³-hybridized carbons (Fsp3) is 0.167. The van der Waals surface area contributed by atoms with Crippen molar-refractivity contribution in [2.75, 3.05) is 26.1 Å². The van der Waals surface area contributed by atoms with Crippen LogP contribution < -0.4 is 24.1 Å². The minimum Gasteiger partial charge on any atom is -0.497 e. The molecule has 154 valence electrons. The van der Waals surface area contributed by atoms with E-state index in [0.29, 0.717) is 17.2 Å². The number of nitrogens with one attached hydrogen (secondary N) is 1. The molecule has 1 N–H and O–H groups in total. The van der Waals surface area contributed by atoms with Crippen LogP contribution in [0.1, 0.15) is 11.1 Å². The highest BCUT2D eigenvalue weighted by Crippen LogP contribution is 2.29. The maximum atomic E-state index is 12.2. The van der Waals surface area contributed by atoms with Crippen LogP contribution in [0, 0.1) is 0 Å². The maximum Gasteiger partial charge on any atom is 0.262 e. The predicted octanol–water partition coefficient (Wildman–Crippen LogP) is 3.72. The highest BCUT2D eigenvalue weighted by atomic mass is 16.5. The van der Waals surface area contributed by atoms with E-state index < -0.39 is 0 Å². The molecule has 2 aromatic carbocycles. The van der Waals surface area contributed by atoms with Gasteiger partial charge < -0.3 is 19.5 Å². The average Bonchev–Trinajstić information content (AvgIpc) is 2.78. The van der Waals surface area contributed by atoms with Gasteiger partial charge in [-0.05, 0) is 47.5 Å². The van der Waals surface area contributed by atoms with Crippen molar-refractivity contribution in [3.8, 4) is 17.2 Å². The summed E-state index contributed by atoms with van der Waals surface area (Å²) in [6.07, 6.45) is 8.01. The first-order valence-electron chi connectivity index (χ1n) is 9.45. The van der Waals surface area contributed by atoms with Crippen molar-refractivity contribution in [1.82, 2.24) is 0 Å². The molecule has 6 heteroatoms. The topological polar surface area (TPSA) is 60.7 Å². The second kappa shape index (κ2) is 10.1. The van der Waals surface area contributed by atoms with Gasteiger partial charge in [-0.3, -0.25) is 4.79 Å². The van der Waals surface area contributed by atoms with E-state index in [1.54, 1.807) is 44.6 Å². The first-order chi connectivity index (χ1) is 14.6. The molecule has 0 unspecified atom stereocenters. The summed E-state index contributed by atoms with van der Waals surface area (Å²) in [6.45, 7) is -0.126. The van der Waals surface area contributed by atoms with Gasteiger partial charge in [-0.1, -0.05) is 18.2 Å². The number of pyridine rings is 1. The Morgan fingerprint density at radius 2 is 1.60 bits per heavy atom. The lowest BCUT2D eigenvalue weighted by molar-refractivity contribution is -0.671. The monoisotopic (exact) mass is 405 g/mol. The SMILES string of the molecule is COc1ccc(NC(=O)COc2ccc(/C=C/c3cc[n+](C)cc3)cc2OC)cc1. The van der Waals surface area contributed by atoms with Gasteiger partial charge in [-0.15, -0.1) is 0 Å². The van der Waals surface area contributed by atoms with Gasteiger partial charge in [0.2, 0.25) is 0 Å². The van der Waals surface area contributed by atoms with Crippen molar-refractivity contribution in [2.24, 2.45) is 7.05 Å². The molecule has 3 rings (SSSR count). The number of carbonyl (C=O) groups is 1. The van der Waals surface area contributed by atoms with Crippen molar-refractivity contribution in [2.45, 2.75) is 0 Å². The number of carbonyl (C=O) groups excluding carboxylic acids is 1. The quantitative estimate of drug-likeness (QED) is 0.581. The summed E-state index contributed by atoms with van der Waals surface area (Å²) < 4.78 is 18.2. The number of benzene rings is 2. The molecule has 0 aliphatic carbocycles. The van der Waals surface area contributed by atoms with Gasteiger partial charge >= 0.3 is 0 Å². The molecule has 0 saturated carbocycles. The number of nitrogens with zero attached hydrogens (tertiary/aromatic N) is 1. The third-order valence-electron chi connectivity index (χ3n) is 4.39. The maximum absolute atomic E-state index is 12.2. The molecule has 0 fully saturated rings. The fourth-order valence-electron chi connectivity index (χ4n) is 2.74. The van der Waals surface area contributed by atoms with E-state index in [1.165, 1.54) is 0 Å². The Bertz CT molecular complexity index is 1010. The predicted molar refractivity (Wildman–Crippen MR) is 117 cm³/mol. The van der Waals surface area contributed by atoms with E-state index in [9.17, 15) is 4.79 Å². The van der Waals surface area contributed by atoms with Crippen molar-refractivity contribution >= 4 is 23.7 Å². The second-order valence-electron chi connectivity index (χ2n) is 6.61. The molecule has 30 heavy (non-hydrogen) atoms. The average molecular weight is 405 g/mol. The smallest absolute Gasteiger partial charge is 0.262 e. The molecule has 0 saturated heterocycles. The lowest BCUT2D eigenvalue weighted by Crippen LogP contribution is -2.25. The van der Waals surface area contributed by atoms with Gasteiger partial charge in [0.1, 0.15) is 12.8 Å². The Labute approximate surface area is 176 Å².